The van der Waals surface area contributed by atoms with E-state index in [-0.39, 0.29) is 81.4 Å². The van der Waals surface area contributed by atoms with Crippen molar-refractivity contribution in [3.05, 3.63) is 77.3 Å². The Bertz CT molecular complexity index is 772. The molecule has 0 aliphatic carbocycles. The van der Waals surface area contributed by atoms with Crippen molar-refractivity contribution in [1.29, 1.82) is 0 Å². The molecule has 0 saturated carbocycles. The van der Waals surface area contributed by atoms with Crippen LogP contribution in [0.5, 0.6) is 0 Å². The van der Waals surface area contributed by atoms with Crippen molar-refractivity contribution in [1.82, 2.24) is 5.32 Å². The molecule has 1 aromatic rings. The first-order valence-electron chi connectivity index (χ1n) is 8.64. The fourth-order valence-electron chi connectivity index (χ4n) is 2.62. The average molecular weight is 452 g/mol. The summed E-state index contributed by atoms with van der Waals surface area (Å²) in [5, 5.41) is 12.7. The van der Waals surface area contributed by atoms with Crippen LogP contribution in [0, 0.1) is 13.1 Å². The van der Waals surface area contributed by atoms with E-state index in [0.717, 1.165) is 6.07 Å². The van der Waals surface area contributed by atoms with Crippen LogP contribution in [-0.2, 0) is 19.1 Å². The Morgan fingerprint density at radius 3 is 2.59 bits per heavy atom. The van der Waals surface area contributed by atoms with Crippen LogP contribution in [0.4, 0.5) is 13.2 Å². The number of aliphatic hydroxyl groups excluding tert-OH is 1. The second kappa shape index (κ2) is 13.7. The summed E-state index contributed by atoms with van der Waals surface area (Å²) in [6.45, 7) is 6.98. The molecule has 2 N–H and O–H groups in total. The number of alkyl halides is 3. The van der Waals surface area contributed by atoms with Crippen molar-refractivity contribution >= 4 is 17.4 Å². The number of halogens is 4. The maximum absolute atomic E-state index is 13.4. The molecule has 154 valence electrons. The quantitative estimate of drug-likeness (QED) is 0.209. The largest absolute Gasteiger partial charge is 1.00 e. The number of allylic oxidation sites excluding steroid dienone is 3. The molecule has 3 nitrogen and oxygen atoms in total. The minimum absolute atomic E-state index is 0. The Kier molecular flexibility index (Phi) is 13.4. The third-order valence-corrected chi connectivity index (χ3v) is 3.96. The number of hydrogen-bond acceptors (Lipinski definition) is 2. The minimum Gasteiger partial charge on any atom is -0.444 e. The molecule has 1 rings (SSSR count). The van der Waals surface area contributed by atoms with Crippen LogP contribution in [0.15, 0.2) is 52.5 Å². The van der Waals surface area contributed by atoms with Crippen molar-refractivity contribution in [2.75, 3.05) is 0 Å². The monoisotopic (exact) mass is 451 g/mol. The molecule has 1 aromatic carbocycles. The third-order valence-electron chi connectivity index (χ3n) is 3.85. The van der Waals surface area contributed by atoms with E-state index in [1.165, 1.54) is 12.1 Å². The molecule has 0 heterocycles. The molecule has 0 radical (unpaired) electrons. The van der Waals surface area contributed by atoms with Gasteiger partial charge in [-0.25, -0.2) is 0 Å². The summed E-state index contributed by atoms with van der Waals surface area (Å²) in [7, 11) is 3.49. The van der Waals surface area contributed by atoms with Gasteiger partial charge in [-0.3, -0.25) is 0 Å². The van der Waals surface area contributed by atoms with Crippen LogP contribution in [-0.4, -0.2) is 17.0 Å². The van der Waals surface area contributed by atoms with Gasteiger partial charge in [0, 0.05) is 6.54 Å². The molecule has 0 aliphatic rings. The molecular weight excluding hydrogens is 428 g/mol. The summed E-state index contributed by atoms with van der Waals surface area (Å²) >= 11 is 5.82. The average Bonchev–Trinajstić information content (AvgIpc) is 2.59. The second-order valence-electron chi connectivity index (χ2n) is 6.13. The number of amidine groups is 1. The fraction of sp³-hybridized carbons (Fsp3) is 0.333. The number of hydrogen-bond donors (Lipinski definition) is 2. The van der Waals surface area contributed by atoms with Crippen LogP contribution in [0.3, 0.4) is 0 Å². The predicted octanol–water partition coefficient (Wildman–Crippen LogP) is 2.36. The minimum atomic E-state index is -4.48. The van der Waals surface area contributed by atoms with Gasteiger partial charge in [-0.05, 0) is 47.8 Å². The molecule has 0 fully saturated rings. The van der Waals surface area contributed by atoms with E-state index in [2.05, 4.69) is 30.0 Å². The van der Waals surface area contributed by atoms with Gasteiger partial charge in [-0.1, -0.05) is 37.2 Å². The van der Waals surface area contributed by atoms with Gasteiger partial charge in [-0.2, -0.15) is 31.9 Å². The van der Waals surface area contributed by atoms with Crippen molar-refractivity contribution in [3.8, 4) is 0 Å². The Balaban J connectivity index is 0.00000784. The zero-order valence-corrected chi connectivity index (χ0v) is 20.8. The molecule has 0 amide bonds. The first-order valence-corrected chi connectivity index (χ1v) is 9.02. The van der Waals surface area contributed by atoms with Crippen LogP contribution >= 0.6 is 11.6 Å². The maximum atomic E-state index is 13.4. The van der Waals surface area contributed by atoms with Crippen LogP contribution in [0.1, 0.15) is 37.0 Å². The summed E-state index contributed by atoms with van der Waals surface area (Å²) in [6.07, 6.45) is 1.26. The molecule has 8 heteroatoms. The number of benzene rings is 1. The van der Waals surface area contributed by atoms with Gasteiger partial charge in [0.05, 0.1) is 11.7 Å². The molecular formula is C21H24ClF3KN2O-. The SMILES string of the molecule is C=C(Cl)/C=C(\[C-]=CC)C(=N[CH2-])NCc1cccc(C(F)(F)F)c1CCC(C)O.[K+]. The summed E-state index contributed by atoms with van der Waals surface area (Å²) in [5.74, 6) is 0.318. The third kappa shape index (κ3) is 9.87. The van der Waals surface area contributed by atoms with E-state index < -0.39 is 17.8 Å². The van der Waals surface area contributed by atoms with Gasteiger partial charge in [0.1, 0.15) is 0 Å². The van der Waals surface area contributed by atoms with Crippen molar-refractivity contribution in [3.63, 3.8) is 0 Å². The second-order valence-corrected chi connectivity index (χ2v) is 6.61. The van der Waals surface area contributed by atoms with Gasteiger partial charge in [0.2, 0.25) is 0 Å². The number of aliphatic imine (C=N–C) groups is 1. The number of rotatable bonds is 8. The molecule has 0 aliphatic heterocycles. The zero-order chi connectivity index (χ0) is 21.3. The first kappa shape index (κ1) is 28.5. The topological polar surface area (TPSA) is 44.6 Å². The molecule has 0 bridgehead atoms. The van der Waals surface area contributed by atoms with E-state index in [1.807, 2.05) is 0 Å². The van der Waals surface area contributed by atoms with E-state index in [0.29, 0.717) is 17.0 Å². The van der Waals surface area contributed by atoms with Crippen molar-refractivity contribution in [2.24, 2.45) is 4.99 Å². The van der Waals surface area contributed by atoms with Gasteiger partial charge in [-0.15, -0.1) is 12.2 Å². The Morgan fingerprint density at radius 1 is 1.45 bits per heavy atom. The van der Waals surface area contributed by atoms with Gasteiger partial charge in [0.15, 0.2) is 0 Å². The van der Waals surface area contributed by atoms with E-state index in [4.69, 9.17) is 11.6 Å². The van der Waals surface area contributed by atoms with Crippen molar-refractivity contribution < 1.29 is 69.7 Å². The zero-order valence-electron chi connectivity index (χ0n) is 16.9. The normalized spacial score (nSPS) is 13.9. The Labute approximate surface area is 218 Å². The van der Waals surface area contributed by atoms with Gasteiger partial charge in [0.25, 0.3) is 0 Å². The molecule has 0 aromatic heterocycles. The first-order chi connectivity index (χ1) is 13.1. The summed E-state index contributed by atoms with van der Waals surface area (Å²) in [5.41, 5.74) is 0.385. The summed E-state index contributed by atoms with van der Waals surface area (Å²) < 4.78 is 40.3. The molecule has 0 spiro atoms. The predicted molar refractivity (Wildman–Crippen MR) is 108 cm³/mol. The molecule has 1 atom stereocenters. The molecule has 29 heavy (non-hydrogen) atoms. The Morgan fingerprint density at radius 2 is 2.10 bits per heavy atom. The van der Waals surface area contributed by atoms with Crippen LogP contribution < -0.4 is 56.7 Å². The summed E-state index contributed by atoms with van der Waals surface area (Å²) in [4.78, 5) is 3.89. The molecule has 1 unspecified atom stereocenters. The molecule has 0 saturated heterocycles. The maximum Gasteiger partial charge on any atom is 1.00 e. The number of aliphatic hydroxyl groups is 1. The Hall–Kier alpha value is -0.544. The van der Waals surface area contributed by atoms with Gasteiger partial charge < -0.3 is 15.4 Å². The number of nitrogens with one attached hydrogen (secondary N) is 1. The summed E-state index contributed by atoms with van der Waals surface area (Å²) in [6, 6.07) is 4.03. The number of nitrogens with zero attached hydrogens (tertiary/aromatic N) is 1. The van der Waals surface area contributed by atoms with Crippen LogP contribution in [0.2, 0.25) is 0 Å². The van der Waals surface area contributed by atoms with E-state index >= 15 is 0 Å². The van der Waals surface area contributed by atoms with E-state index in [9.17, 15) is 18.3 Å². The van der Waals surface area contributed by atoms with E-state index in [1.54, 1.807) is 26.0 Å². The smallest absolute Gasteiger partial charge is 0.444 e. The fourth-order valence-corrected chi connectivity index (χ4v) is 2.73. The standard InChI is InChI=1S/C21H24ClF3N2O.K/c1-5-7-16(12-14(2)22)20(26-4)27-13-17-8-6-9-19(21(23,24)25)18(17)11-10-15(3)28;/h5-6,8-9,12,15,28H,2,4,10-11,13H2,1,3H3,(H,26,27);/q-2;+1/b16-12+;. The van der Waals surface area contributed by atoms with Gasteiger partial charge >= 0.3 is 57.6 Å². The van der Waals surface area contributed by atoms with Crippen LogP contribution in [0.25, 0.3) is 0 Å². The van der Waals surface area contributed by atoms with Crippen molar-refractivity contribution in [2.45, 2.75) is 45.5 Å².